The summed E-state index contributed by atoms with van der Waals surface area (Å²) in [6.45, 7) is 0.672. The molecule has 3 rings (SSSR count). The van der Waals surface area contributed by atoms with E-state index in [-0.39, 0.29) is 0 Å². The van der Waals surface area contributed by atoms with Gasteiger partial charge in [0, 0.05) is 24.0 Å². The van der Waals surface area contributed by atoms with Crippen molar-refractivity contribution in [3.05, 3.63) is 58.5 Å². The number of nitrogens with zero attached hydrogens (tertiary/aromatic N) is 3. The zero-order valence-corrected chi connectivity index (χ0v) is 13.9. The number of thiophene rings is 1. The van der Waals surface area contributed by atoms with Crippen LogP contribution in [0, 0.1) is 11.3 Å². The van der Waals surface area contributed by atoms with Gasteiger partial charge in [0.1, 0.15) is 5.71 Å². The van der Waals surface area contributed by atoms with Crippen LogP contribution < -0.4 is 4.90 Å². The molecule has 0 radical (unpaired) electrons. The second kappa shape index (κ2) is 7.11. The van der Waals surface area contributed by atoms with Crippen LogP contribution in [0.4, 0.5) is 5.00 Å². The van der Waals surface area contributed by atoms with Crippen LogP contribution in [0.3, 0.4) is 0 Å². The third-order valence-electron chi connectivity index (χ3n) is 3.58. The molecule has 0 saturated heterocycles. The van der Waals surface area contributed by atoms with Gasteiger partial charge in [-0.1, -0.05) is 35.5 Å². The van der Waals surface area contributed by atoms with Crippen LogP contribution in [0.15, 0.2) is 53.2 Å². The third-order valence-corrected chi connectivity index (χ3v) is 4.72. The van der Waals surface area contributed by atoms with E-state index >= 15 is 0 Å². The number of benzene rings is 1. The lowest BCUT2D eigenvalue weighted by molar-refractivity contribution is -0.136. The van der Waals surface area contributed by atoms with Crippen LogP contribution >= 0.6 is 11.3 Å². The lowest BCUT2D eigenvalue weighted by atomic mass is 10.0. The molecule has 1 aromatic carbocycles. The van der Waals surface area contributed by atoms with Crippen LogP contribution in [0.2, 0.25) is 0 Å². The van der Waals surface area contributed by atoms with E-state index < -0.39 is 5.97 Å². The summed E-state index contributed by atoms with van der Waals surface area (Å²) in [6.07, 6.45) is 2.27. The van der Waals surface area contributed by atoms with Crippen LogP contribution in [0.1, 0.15) is 16.9 Å². The highest BCUT2D eigenvalue weighted by Gasteiger charge is 2.26. The van der Waals surface area contributed by atoms with Crippen molar-refractivity contribution in [2.45, 2.75) is 6.42 Å². The normalized spacial score (nSPS) is 15.1. The van der Waals surface area contributed by atoms with E-state index in [1.54, 1.807) is 17.4 Å². The molecule has 0 aliphatic carbocycles. The average Bonchev–Trinajstić information content (AvgIpc) is 3.22. The molecule has 0 bridgehead atoms. The lowest BCUT2D eigenvalue weighted by Crippen LogP contribution is -2.16. The highest BCUT2D eigenvalue weighted by atomic mass is 32.1. The molecule has 0 unspecified atom stereocenters. The molecule has 2 heterocycles. The van der Waals surface area contributed by atoms with Gasteiger partial charge in [-0.3, -0.25) is 0 Å². The molecular formula is C18H15N3O2S. The second-order valence-electron chi connectivity index (χ2n) is 5.25. The summed E-state index contributed by atoms with van der Waals surface area (Å²) >= 11 is 1.55. The summed E-state index contributed by atoms with van der Waals surface area (Å²) < 4.78 is 0. The predicted molar refractivity (Wildman–Crippen MR) is 94.9 cm³/mol. The van der Waals surface area contributed by atoms with E-state index in [1.807, 2.05) is 54.4 Å². The summed E-state index contributed by atoms with van der Waals surface area (Å²) in [5.41, 5.74) is 1.85. The Balaban J connectivity index is 1.85. The maximum Gasteiger partial charge on any atom is 0.368 e. The number of nitriles is 1. The quantitative estimate of drug-likeness (QED) is 0.619. The fourth-order valence-electron chi connectivity index (χ4n) is 2.31. The molecule has 2 aromatic rings. The fourth-order valence-corrected chi connectivity index (χ4v) is 3.25. The Kier molecular flexibility index (Phi) is 4.73. The van der Waals surface area contributed by atoms with Crippen LogP contribution in [-0.4, -0.2) is 25.3 Å². The smallest absolute Gasteiger partial charge is 0.365 e. The van der Waals surface area contributed by atoms with E-state index in [0.717, 1.165) is 15.4 Å². The summed E-state index contributed by atoms with van der Waals surface area (Å²) in [5.74, 6) is -0.443. The molecule has 0 amide bonds. The zero-order valence-electron chi connectivity index (χ0n) is 13.1. The second-order valence-corrected chi connectivity index (χ2v) is 6.34. The van der Waals surface area contributed by atoms with E-state index in [0.29, 0.717) is 24.3 Å². The zero-order chi connectivity index (χ0) is 16.9. The number of anilines is 1. The Labute approximate surface area is 144 Å². The van der Waals surface area contributed by atoms with Gasteiger partial charge in [0.2, 0.25) is 0 Å². The SMILES string of the molecule is CN(CCC#N)c1ccc(C=C2C(=O)ON=C2c2ccccc2)s1. The van der Waals surface area contributed by atoms with E-state index in [4.69, 9.17) is 10.1 Å². The van der Waals surface area contributed by atoms with Crippen LogP contribution in [-0.2, 0) is 9.63 Å². The highest BCUT2D eigenvalue weighted by molar-refractivity contribution is 7.17. The van der Waals surface area contributed by atoms with Crippen molar-refractivity contribution in [1.29, 1.82) is 5.26 Å². The third kappa shape index (κ3) is 3.36. The first-order chi connectivity index (χ1) is 11.7. The van der Waals surface area contributed by atoms with Gasteiger partial charge in [-0.25, -0.2) is 4.79 Å². The lowest BCUT2D eigenvalue weighted by Gasteiger charge is -2.14. The van der Waals surface area contributed by atoms with Gasteiger partial charge in [0.05, 0.1) is 23.1 Å². The predicted octanol–water partition coefficient (Wildman–Crippen LogP) is 3.44. The van der Waals surface area contributed by atoms with Crippen molar-refractivity contribution in [2.24, 2.45) is 5.16 Å². The molecular weight excluding hydrogens is 322 g/mol. The summed E-state index contributed by atoms with van der Waals surface area (Å²) in [4.78, 5) is 19.8. The van der Waals surface area contributed by atoms with Gasteiger partial charge in [0.15, 0.2) is 0 Å². The molecule has 0 N–H and O–H groups in total. The molecule has 1 aliphatic heterocycles. The summed E-state index contributed by atoms with van der Waals surface area (Å²) in [5, 5.41) is 13.6. The largest absolute Gasteiger partial charge is 0.368 e. The van der Waals surface area contributed by atoms with Crippen molar-refractivity contribution in [3.8, 4) is 6.07 Å². The number of hydrogen-bond donors (Lipinski definition) is 0. The first-order valence-corrected chi connectivity index (χ1v) is 8.25. The van der Waals surface area contributed by atoms with Crippen molar-refractivity contribution >= 4 is 34.1 Å². The van der Waals surface area contributed by atoms with Crippen LogP contribution in [0.25, 0.3) is 6.08 Å². The van der Waals surface area contributed by atoms with Crippen LogP contribution in [0.5, 0.6) is 0 Å². The Bertz CT molecular complexity index is 847. The molecule has 5 nitrogen and oxygen atoms in total. The molecule has 120 valence electrons. The summed E-state index contributed by atoms with van der Waals surface area (Å²) in [7, 11) is 1.95. The topological polar surface area (TPSA) is 65.7 Å². The van der Waals surface area contributed by atoms with E-state index in [1.165, 1.54) is 0 Å². The molecule has 1 aromatic heterocycles. The monoisotopic (exact) mass is 337 g/mol. The van der Waals surface area contributed by atoms with E-state index in [2.05, 4.69) is 11.2 Å². The van der Waals surface area contributed by atoms with Gasteiger partial charge in [-0.2, -0.15) is 5.26 Å². The first kappa shape index (κ1) is 16.0. The highest BCUT2D eigenvalue weighted by Crippen LogP contribution is 2.29. The minimum absolute atomic E-state index is 0.443. The minimum Gasteiger partial charge on any atom is -0.365 e. The Morgan fingerprint density at radius 1 is 1.29 bits per heavy atom. The van der Waals surface area contributed by atoms with Gasteiger partial charge >= 0.3 is 5.97 Å². The van der Waals surface area contributed by atoms with Crippen molar-refractivity contribution in [3.63, 3.8) is 0 Å². The minimum atomic E-state index is -0.443. The number of hydrogen-bond acceptors (Lipinski definition) is 6. The number of carbonyl (C=O) groups excluding carboxylic acids is 1. The molecule has 24 heavy (non-hydrogen) atoms. The standard InChI is InChI=1S/C18H15N3O2S/c1-21(11-5-10-19)16-9-8-14(24-16)12-15-17(20-23-18(15)22)13-6-3-2-4-7-13/h2-4,6-9,12H,5,11H2,1H3. The summed E-state index contributed by atoms with van der Waals surface area (Å²) in [6, 6.07) is 15.6. The number of carbonyl (C=O) groups is 1. The Hall–Kier alpha value is -2.91. The average molecular weight is 337 g/mol. The van der Waals surface area contributed by atoms with Crippen molar-refractivity contribution in [2.75, 3.05) is 18.5 Å². The molecule has 0 saturated carbocycles. The fraction of sp³-hybridized carbons (Fsp3) is 0.167. The van der Waals surface area contributed by atoms with Gasteiger partial charge in [0.25, 0.3) is 0 Å². The van der Waals surface area contributed by atoms with Crippen molar-refractivity contribution < 1.29 is 9.63 Å². The molecule has 6 heteroatoms. The Morgan fingerprint density at radius 3 is 2.83 bits per heavy atom. The van der Waals surface area contributed by atoms with Gasteiger partial charge in [-0.05, 0) is 18.2 Å². The van der Waals surface area contributed by atoms with Gasteiger partial charge in [-0.15, -0.1) is 11.3 Å². The van der Waals surface area contributed by atoms with Gasteiger partial charge < -0.3 is 9.74 Å². The molecule has 1 aliphatic rings. The first-order valence-electron chi connectivity index (χ1n) is 7.44. The maximum atomic E-state index is 12.0. The van der Waals surface area contributed by atoms with E-state index in [9.17, 15) is 4.79 Å². The maximum absolute atomic E-state index is 12.0. The Morgan fingerprint density at radius 2 is 2.08 bits per heavy atom. The number of oxime groups is 1. The van der Waals surface area contributed by atoms with Crippen molar-refractivity contribution in [1.82, 2.24) is 0 Å². The number of rotatable bonds is 5. The molecule has 0 fully saturated rings. The molecule has 0 atom stereocenters. The molecule has 0 spiro atoms.